The number of aromatic nitrogens is 1. The molecule has 0 aliphatic heterocycles. The SMILES string of the molecule is Cc1ccc(NC(=O)/C(C#N)=C\c2cc(C)n(-c3ccccc3F)c2C)cc1. The average Bonchev–Trinajstić information content (AvgIpc) is 2.95. The maximum absolute atomic E-state index is 14.2. The zero-order valence-corrected chi connectivity index (χ0v) is 16.0. The van der Waals surface area contributed by atoms with Gasteiger partial charge in [-0.15, -0.1) is 0 Å². The Hall–Kier alpha value is -3.65. The molecule has 28 heavy (non-hydrogen) atoms. The Kier molecular flexibility index (Phi) is 5.42. The lowest BCUT2D eigenvalue weighted by Gasteiger charge is -2.10. The van der Waals surface area contributed by atoms with E-state index >= 15 is 0 Å². The van der Waals surface area contributed by atoms with Gasteiger partial charge < -0.3 is 9.88 Å². The van der Waals surface area contributed by atoms with Gasteiger partial charge in [-0.1, -0.05) is 29.8 Å². The lowest BCUT2D eigenvalue weighted by Crippen LogP contribution is -2.13. The maximum atomic E-state index is 14.2. The number of para-hydroxylation sites is 1. The Morgan fingerprint density at radius 1 is 1.11 bits per heavy atom. The van der Waals surface area contributed by atoms with Crippen LogP contribution in [0.25, 0.3) is 11.8 Å². The van der Waals surface area contributed by atoms with Gasteiger partial charge in [0.15, 0.2) is 0 Å². The molecular weight excluding hydrogens is 353 g/mol. The molecule has 1 amide bonds. The Morgan fingerprint density at radius 2 is 1.79 bits per heavy atom. The fourth-order valence-electron chi connectivity index (χ4n) is 3.08. The van der Waals surface area contributed by atoms with E-state index in [0.717, 1.165) is 17.0 Å². The molecule has 1 N–H and O–H groups in total. The number of carbonyl (C=O) groups is 1. The third-order valence-electron chi connectivity index (χ3n) is 4.54. The summed E-state index contributed by atoms with van der Waals surface area (Å²) in [5.41, 5.74) is 4.36. The number of hydrogen-bond donors (Lipinski definition) is 1. The monoisotopic (exact) mass is 373 g/mol. The second-order valence-corrected chi connectivity index (χ2v) is 6.60. The van der Waals surface area contributed by atoms with Crippen LogP contribution in [0.3, 0.4) is 0 Å². The number of nitrogens with one attached hydrogen (secondary N) is 1. The minimum Gasteiger partial charge on any atom is -0.321 e. The van der Waals surface area contributed by atoms with Crippen molar-refractivity contribution in [2.24, 2.45) is 0 Å². The number of nitrogens with zero attached hydrogens (tertiary/aromatic N) is 2. The van der Waals surface area contributed by atoms with Crippen LogP contribution >= 0.6 is 0 Å². The fourth-order valence-corrected chi connectivity index (χ4v) is 3.08. The number of rotatable bonds is 4. The third kappa shape index (κ3) is 3.86. The highest BCUT2D eigenvalue weighted by Gasteiger charge is 2.15. The van der Waals surface area contributed by atoms with E-state index in [4.69, 9.17) is 0 Å². The molecule has 0 radical (unpaired) electrons. The van der Waals surface area contributed by atoms with Crippen LogP contribution in [0.5, 0.6) is 0 Å². The second-order valence-electron chi connectivity index (χ2n) is 6.60. The summed E-state index contributed by atoms with van der Waals surface area (Å²) in [5, 5.41) is 12.2. The Labute approximate surface area is 163 Å². The number of hydrogen-bond acceptors (Lipinski definition) is 2. The summed E-state index contributed by atoms with van der Waals surface area (Å²) in [6, 6.07) is 17.6. The van der Waals surface area contributed by atoms with Crippen molar-refractivity contribution >= 4 is 17.7 Å². The van der Waals surface area contributed by atoms with Crippen LogP contribution < -0.4 is 5.32 Å². The minimum atomic E-state index is -0.484. The van der Waals surface area contributed by atoms with Crippen LogP contribution in [0, 0.1) is 37.9 Å². The van der Waals surface area contributed by atoms with Gasteiger partial charge in [-0.25, -0.2) is 4.39 Å². The first-order valence-corrected chi connectivity index (χ1v) is 8.84. The summed E-state index contributed by atoms with van der Waals surface area (Å²) in [5.74, 6) is -0.820. The zero-order valence-electron chi connectivity index (χ0n) is 16.0. The molecule has 3 rings (SSSR count). The first kappa shape index (κ1) is 19.1. The highest BCUT2D eigenvalue weighted by molar-refractivity contribution is 6.09. The molecule has 4 nitrogen and oxygen atoms in total. The van der Waals surface area contributed by atoms with Crippen molar-refractivity contribution in [3.63, 3.8) is 0 Å². The van der Waals surface area contributed by atoms with E-state index in [1.165, 1.54) is 12.1 Å². The van der Waals surface area contributed by atoms with Crippen molar-refractivity contribution in [3.05, 3.63) is 88.5 Å². The average molecular weight is 373 g/mol. The first-order valence-electron chi connectivity index (χ1n) is 8.84. The fraction of sp³-hybridized carbons (Fsp3) is 0.130. The standard InChI is InChI=1S/C23H20FN3O/c1-15-8-10-20(11-9-15)26-23(28)19(14-25)13-18-12-16(2)27(17(18)3)22-7-5-4-6-21(22)24/h4-13H,1-3H3,(H,26,28)/b19-13-. The van der Waals surface area contributed by atoms with Crippen LogP contribution in [0.2, 0.25) is 0 Å². The van der Waals surface area contributed by atoms with Crippen molar-refractivity contribution in [1.82, 2.24) is 4.57 Å². The summed E-state index contributed by atoms with van der Waals surface area (Å²) < 4.78 is 16.0. The van der Waals surface area contributed by atoms with E-state index in [0.29, 0.717) is 16.9 Å². The summed E-state index contributed by atoms with van der Waals surface area (Å²) in [6.45, 7) is 5.64. The molecule has 0 saturated carbocycles. The van der Waals surface area contributed by atoms with E-state index in [1.54, 1.807) is 34.9 Å². The molecule has 2 aromatic carbocycles. The number of benzene rings is 2. The van der Waals surface area contributed by atoms with Crippen LogP contribution in [-0.4, -0.2) is 10.5 Å². The molecule has 0 unspecified atom stereocenters. The molecular formula is C23H20FN3O. The predicted molar refractivity (Wildman–Crippen MR) is 109 cm³/mol. The molecule has 0 saturated heterocycles. The van der Waals surface area contributed by atoms with Gasteiger partial charge >= 0.3 is 0 Å². The molecule has 5 heteroatoms. The molecule has 0 aliphatic carbocycles. The highest BCUT2D eigenvalue weighted by atomic mass is 19.1. The molecule has 140 valence electrons. The first-order chi connectivity index (χ1) is 13.4. The van der Waals surface area contributed by atoms with Crippen molar-refractivity contribution in [1.29, 1.82) is 5.26 Å². The predicted octanol–water partition coefficient (Wildman–Crippen LogP) is 5.09. The molecule has 1 aromatic heterocycles. The van der Waals surface area contributed by atoms with Gasteiger partial charge in [-0.2, -0.15) is 5.26 Å². The second kappa shape index (κ2) is 7.93. The summed E-state index contributed by atoms with van der Waals surface area (Å²) in [4.78, 5) is 12.5. The molecule has 1 heterocycles. The third-order valence-corrected chi connectivity index (χ3v) is 4.54. The van der Waals surface area contributed by atoms with E-state index in [-0.39, 0.29) is 11.4 Å². The van der Waals surface area contributed by atoms with E-state index < -0.39 is 5.91 Å². The largest absolute Gasteiger partial charge is 0.321 e. The maximum Gasteiger partial charge on any atom is 0.266 e. The van der Waals surface area contributed by atoms with Crippen molar-refractivity contribution in [2.75, 3.05) is 5.32 Å². The highest BCUT2D eigenvalue weighted by Crippen LogP contribution is 2.24. The number of halogens is 1. The lowest BCUT2D eigenvalue weighted by atomic mass is 10.1. The van der Waals surface area contributed by atoms with E-state index in [2.05, 4.69) is 5.32 Å². The van der Waals surface area contributed by atoms with Gasteiger partial charge in [0.25, 0.3) is 5.91 Å². The summed E-state index contributed by atoms with van der Waals surface area (Å²) >= 11 is 0. The number of anilines is 1. The van der Waals surface area contributed by atoms with Crippen LogP contribution in [-0.2, 0) is 4.79 Å². The minimum absolute atomic E-state index is 0.0191. The van der Waals surface area contributed by atoms with Crippen LogP contribution in [0.15, 0.2) is 60.2 Å². The van der Waals surface area contributed by atoms with Crippen LogP contribution in [0.1, 0.15) is 22.5 Å². The Morgan fingerprint density at radius 3 is 2.43 bits per heavy atom. The number of amides is 1. The van der Waals surface area contributed by atoms with Crippen molar-refractivity contribution in [3.8, 4) is 11.8 Å². The molecule has 0 spiro atoms. The normalized spacial score (nSPS) is 11.2. The Balaban J connectivity index is 1.94. The molecule has 0 atom stereocenters. The number of nitriles is 1. The van der Waals surface area contributed by atoms with Gasteiger partial charge in [-0.05, 0) is 62.7 Å². The quantitative estimate of drug-likeness (QED) is 0.512. The van der Waals surface area contributed by atoms with Gasteiger partial charge in [-0.3, -0.25) is 4.79 Å². The smallest absolute Gasteiger partial charge is 0.266 e. The summed E-state index contributed by atoms with van der Waals surface area (Å²) in [6.07, 6.45) is 1.53. The molecule has 0 fully saturated rings. The lowest BCUT2D eigenvalue weighted by molar-refractivity contribution is -0.112. The van der Waals surface area contributed by atoms with E-state index in [9.17, 15) is 14.4 Å². The van der Waals surface area contributed by atoms with Crippen molar-refractivity contribution < 1.29 is 9.18 Å². The number of aryl methyl sites for hydroxylation is 2. The molecule has 0 aliphatic rings. The van der Waals surface area contributed by atoms with Gasteiger partial charge in [0, 0.05) is 17.1 Å². The van der Waals surface area contributed by atoms with Gasteiger partial charge in [0.2, 0.25) is 0 Å². The molecule has 3 aromatic rings. The number of carbonyl (C=O) groups excluding carboxylic acids is 1. The zero-order chi connectivity index (χ0) is 20.3. The summed E-state index contributed by atoms with van der Waals surface area (Å²) in [7, 11) is 0. The van der Waals surface area contributed by atoms with Gasteiger partial charge in [0.1, 0.15) is 17.5 Å². The van der Waals surface area contributed by atoms with Crippen LogP contribution in [0.4, 0.5) is 10.1 Å². The van der Waals surface area contributed by atoms with Crippen molar-refractivity contribution in [2.45, 2.75) is 20.8 Å². The Bertz CT molecular complexity index is 1100. The molecule has 0 bridgehead atoms. The van der Waals surface area contributed by atoms with E-state index in [1.807, 2.05) is 45.0 Å². The topological polar surface area (TPSA) is 57.8 Å². The van der Waals surface area contributed by atoms with Gasteiger partial charge in [0.05, 0.1) is 5.69 Å².